The van der Waals surface area contributed by atoms with Gasteiger partial charge in [0.1, 0.15) is 6.10 Å². The Labute approximate surface area is 117 Å². The van der Waals surface area contributed by atoms with Crippen molar-refractivity contribution in [1.82, 2.24) is 0 Å². The van der Waals surface area contributed by atoms with Crippen LogP contribution in [0.25, 0.3) is 0 Å². The quantitative estimate of drug-likeness (QED) is 0.903. The van der Waals surface area contributed by atoms with E-state index in [2.05, 4.69) is 0 Å². The summed E-state index contributed by atoms with van der Waals surface area (Å²) in [6, 6.07) is 11.7. The second-order valence-corrected chi connectivity index (χ2v) is 5.34. The molecule has 1 unspecified atom stereocenters. The number of aliphatic hydroxyl groups is 1. The molecule has 1 aliphatic heterocycles. The van der Waals surface area contributed by atoms with Crippen molar-refractivity contribution < 1.29 is 9.84 Å². The molecule has 2 aromatic carbocycles. The lowest BCUT2D eigenvalue weighted by molar-refractivity contribution is 0.134. The number of aryl methyl sites for hydroxylation is 1. The van der Waals surface area contributed by atoms with E-state index in [1.54, 1.807) is 0 Å². The van der Waals surface area contributed by atoms with E-state index >= 15 is 0 Å². The van der Waals surface area contributed by atoms with Crippen LogP contribution in [0.3, 0.4) is 0 Å². The second kappa shape index (κ2) is 4.97. The van der Waals surface area contributed by atoms with E-state index in [9.17, 15) is 5.11 Å². The maximum atomic E-state index is 10.4. The zero-order chi connectivity index (χ0) is 13.4. The van der Waals surface area contributed by atoms with Crippen LogP contribution in [0.5, 0.6) is 0 Å². The number of ether oxygens (including phenoxy) is 1. The van der Waals surface area contributed by atoms with Gasteiger partial charge >= 0.3 is 0 Å². The van der Waals surface area contributed by atoms with Crippen LogP contribution in [0.4, 0.5) is 0 Å². The number of hydrogen-bond donors (Lipinski definition) is 1. The highest BCUT2D eigenvalue weighted by atomic mass is 35.5. The Balaban J connectivity index is 1.94. The summed E-state index contributed by atoms with van der Waals surface area (Å²) in [6.07, 6.45) is -0.649. The van der Waals surface area contributed by atoms with Gasteiger partial charge < -0.3 is 9.84 Å². The molecule has 0 aromatic heterocycles. The summed E-state index contributed by atoms with van der Waals surface area (Å²) in [4.78, 5) is 0. The lowest BCUT2D eigenvalue weighted by Crippen LogP contribution is -2.01. The van der Waals surface area contributed by atoms with E-state index in [-0.39, 0.29) is 0 Å². The van der Waals surface area contributed by atoms with Gasteiger partial charge in [0.05, 0.1) is 13.2 Å². The molecule has 98 valence electrons. The van der Waals surface area contributed by atoms with E-state index in [1.165, 1.54) is 5.56 Å². The molecule has 1 N–H and O–H groups in total. The summed E-state index contributed by atoms with van der Waals surface area (Å²) in [5.74, 6) is 0. The van der Waals surface area contributed by atoms with Crippen molar-refractivity contribution in [2.75, 3.05) is 0 Å². The van der Waals surface area contributed by atoms with Gasteiger partial charge in [-0.15, -0.1) is 0 Å². The minimum absolute atomic E-state index is 0.630. The van der Waals surface area contributed by atoms with Crippen molar-refractivity contribution in [3.63, 3.8) is 0 Å². The van der Waals surface area contributed by atoms with Crippen LogP contribution in [-0.2, 0) is 18.0 Å². The standard InChI is InChI=1S/C16H15ClO2/c1-10-2-3-12(7-15(10)17)16(18)11-4-5-13-8-19-9-14(13)6-11/h2-7,16,18H,8-9H2,1H3. The van der Waals surface area contributed by atoms with Crippen LogP contribution in [0, 0.1) is 6.92 Å². The van der Waals surface area contributed by atoms with Gasteiger partial charge in [-0.05, 0) is 40.8 Å². The molecule has 0 saturated carbocycles. The predicted octanol–water partition coefficient (Wildman–Crippen LogP) is 3.76. The van der Waals surface area contributed by atoms with E-state index < -0.39 is 6.10 Å². The van der Waals surface area contributed by atoms with Gasteiger partial charge in [-0.3, -0.25) is 0 Å². The van der Waals surface area contributed by atoms with E-state index in [0.717, 1.165) is 22.3 Å². The Morgan fingerprint density at radius 1 is 1.05 bits per heavy atom. The summed E-state index contributed by atoms with van der Waals surface area (Å²) in [5, 5.41) is 11.1. The third kappa shape index (κ3) is 2.39. The molecule has 3 heteroatoms. The Kier molecular flexibility index (Phi) is 3.31. The first-order valence-corrected chi connectivity index (χ1v) is 6.66. The number of benzene rings is 2. The van der Waals surface area contributed by atoms with Crippen LogP contribution in [-0.4, -0.2) is 5.11 Å². The van der Waals surface area contributed by atoms with Crippen molar-refractivity contribution in [2.24, 2.45) is 0 Å². The van der Waals surface area contributed by atoms with Crippen molar-refractivity contribution >= 4 is 11.6 Å². The zero-order valence-electron chi connectivity index (χ0n) is 10.7. The number of halogens is 1. The van der Waals surface area contributed by atoms with Gasteiger partial charge in [0.2, 0.25) is 0 Å². The molecule has 0 saturated heterocycles. The molecule has 1 atom stereocenters. The Bertz CT molecular complexity index is 622. The maximum absolute atomic E-state index is 10.4. The smallest absolute Gasteiger partial charge is 0.104 e. The topological polar surface area (TPSA) is 29.5 Å². The molecular weight excluding hydrogens is 260 g/mol. The molecule has 0 spiro atoms. The molecule has 2 aromatic rings. The Morgan fingerprint density at radius 3 is 2.53 bits per heavy atom. The van der Waals surface area contributed by atoms with Crippen molar-refractivity contribution in [3.05, 3.63) is 69.2 Å². The van der Waals surface area contributed by atoms with Crippen LogP contribution >= 0.6 is 11.6 Å². The minimum atomic E-state index is -0.649. The van der Waals surface area contributed by atoms with Gasteiger partial charge in [0.15, 0.2) is 0 Å². The largest absolute Gasteiger partial charge is 0.384 e. The molecule has 19 heavy (non-hydrogen) atoms. The monoisotopic (exact) mass is 274 g/mol. The summed E-state index contributed by atoms with van der Waals surface area (Å²) in [6.45, 7) is 3.25. The molecule has 0 bridgehead atoms. The van der Waals surface area contributed by atoms with Crippen molar-refractivity contribution in [2.45, 2.75) is 26.2 Å². The van der Waals surface area contributed by atoms with Gasteiger partial charge in [-0.25, -0.2) is 0 Å². The number of fused-ring (bicyclic) bond motifs is 1. The number of aliphatic hydroxyl groups excluding tert-OH is 1. The number of hydrogen-bond acceptors (Lipinski definition) is 2. The molecule has 0 aliphatic carbocycles. The van der Waals surface area contributed by atoms with Crippen molar-refractivity contribution in [1.29, 1.82) is 0 Å². The lowest BCUT2D eigenvalue weighted by atomic mass is 9.97. The third-order valence-electron chi connectivity index (χ3n) is 3.57. The Morgan fingerprint density at radius 2 is 1.74 bits per heavy atom. The van der Waals surface area contributed by atoms with Crippen LogP contribution in [0.15, 0.2) is 36.4 Å². The minimum Gasteiger partial charge on any atom is -0.384 e. The highest BCUT2D eigenvalue weighted by molar-refractivity contribution is 6.31. The molecule has 0 radical (unpaired) electrons. The summed E-state index contributed by atoms with van der Waals surface area (Å²) < 4.78 is 5.39. The average Bonchev–Trinajstić information content (AvgIpc) is 2.88. The molecule has 3 rings (SSSR count). The van der Waals surface area contributed by atoms with Crippen molar-refractivity contribution in [3.8, 4) is 0 Å². The van der Waals surface area contributed by atoms with Gasteiger partial charge in [0, 0.05) is 5.02 Å². The first-order chi connectivity index (χ1) is 9.15. The predicted molar refractivity (Wildman–Crippen MR) is 75.2 cm³/mol. The fourth-order valence-electron chi connectivity index (χ4n) is 2.33. The van der Waals surface area contributed by atoms with E-state index in [0.29, 0.717) is 18.2 Å². The third-order valence-corrected chi connectivity index (χ3v) is 3.98. The van der Waals surface area contributed by atoms with Gasteiger partial charge in [-0.1, -0.05) is 41.9 Å². The first-order valence-electron chi connectivity index (χ1n) is 6.29. The molecule has 2 nitrogen and oxygen atoms in total. The summed E-state index contributed by atoms with van der Waals surface area (Å²) in [7, 11) is 0. The van der Waals surface area contributed by atoms with Crippen LogP contribution in [0.1, 0.15) is 33.9 Å². The lowest BCUT2D eigenvalue weighted by Gasteiger charge is -2.13. The molecule has 1 aliphatic rings. The molecule has 0 amide bonds. The van der Waals surface area contributed by atoms with Crippen LogP contribution < -0.4 is 0 Å². The molecule has 1 heterocycles. The van der Waals surface area contributed by atoms with E-state index in [1.807, 2.05) is 43.3 Å². The second-order valence-electron chi connectivity index (χ2n) is 4.93. The summed E-state index contributed by atoms with van der Waals surface area (Å²) >= 11 is 6.11. The average molecular weight is 275 g/mol. The van der Waals surface area contributed by atoms with Gasteiger partial charge in [0.25, 0.3) is 0 Å². The number of rotatable bonds is 2. The fraction of sp³-hybridized carbons (Fsp3) is 0.250. The SMILES string of the molecule is Cc1ccc(C(O)c2ccc3c(c2)COC3)cc1Cl. The molecule has 0 fully saturated rings. The first kappa shape index (κ1) is 12.7. The summed E-state index contributed by atoms with van der Waals surface area (Å²) in [5.41, 5.74) is 5.08. The zero-order valence-corrected chi connectivity index (χ0v) is 11.4. The van der Waals surface area contributed by atoms with Crippen LogP contribution in [0.2, 0.25) is 5.02 Å². The molecular formula is C16H15ClO2. The van der Waals surface area contributed by atoms with E-state index in [4.69, 9.17) is 16.3 Å². The van der Waals surface area contributed by atoms with Gasteiger partial charge in [-0.2, -0.15) is 0 Å². The highest BCUT2D eigenvalue weighted by Gasteiger charge is 2.16. The Hall–Kier alpha value is -1.35. The normalized spacial score (nSPS) is 15.3. The maximum Gasteiger partial charge on any atom is 0.104 e. The fourth-order valence-corrected chi connectivity index (χ4v) is 2.52. The highest BCUT2D eigenvalue weighted by Crippen LogP contribution is 2.29.